The Hall–Kier alpha value is -0.890. The van der Waals surface area contributed by atoms with Gasteiger partial charge >= 0.3 is 0 Å². The molecule has 0 atom stereocenters. The van der Waals surface area contributed by atoms with Crippen LogP contribution in [0.1, 0.15) is 37.3 Å². The smallest absolute Gasteiger partial charge is 0.0730 e. The first kappa shape index (κ1) is 12.2. The first-order valence-electron chi connectivity index (χ1n) is 5.58. The van der Waals surface area contributed by atoms with E-state index in [1.807, 2.05) is 0 Å². The number of nitrogens with two attached hydrogens (primary N) is 1. The average molecular weight is 221 g/mol. The molecule has 0 aliphatic heterocycles. The van der Waals surface area contributed by atoms with Gasteiger partial charge in [-0.2, -0.15) is 0 Å². The van der Waals surface area contributed by atoms with Crippen LogP contribution in [0.3, 0.4) is 0 Å². The van der Waals surface area contributed by atoms with Crippen LogP contribution in [0.15, 0.2) is 24.3 Å². The quantitative estimate of drug-likeness (QED) is 0.746. The Morgan fingerprint density at radius 3 is 2.13 bits per heavy atom. The summed E-state index contributed by atoms with van der Waals surface area (Å²) in [5.74, 6) is 0. The molecular formula is C13H19NS. The van der Waals surface area contributed by atoms with E-state index < -0.39 is 0 Å². The van der Waals surface area contributed by atoms with Crippen LogP contribution in [-0.4, -0.2) is 4.99 Å². The van der Waals surface area contributed by atoms with Crippen molar-refractivity contribution in [3.63, 3.8) is 0 Å². The third kappa shape index (κ3) is 4.93. The van der Waals surface area contributed by atoms with Crippen LogP contribution >= 0.6 is 12.2 Å². The van der Waals surface area contributed by atoms with Gasteiger partial charge in [-0.3, -0.25) is 0 Å². The zero-order chi connectivity index (χ0) is 11.1. The second kappa shape index (κ2) is 6.57. The third-order valence-electron chi connectivity index (χ3n) is 2.50. The van der Waals surface area contributed by atoms with Crippen molar-refractivity contribution in [2.24, 2.45) is 5.73 Å². The van der Waals surface area contributed by atoms with Gasteiger partial charge in [0.05, 0.1) is 4.99 Å². The van der Waals surface area contributed by atoms with Gasteiger partial charge in [0.1, 0.15) is 0 Å². The highest BCUT2D eigenvalue weighted by molar-refractivity contribution is 7.80. The minimum absolute atomic E-state index is 0.602. The van der Waals surface area contributed by atoms with Gasteiger partial charge in [0.2, 0.25) is 0 Å². The number of rotatable bonds is 6. The Bertz CT molecular complexity index is 303. The summed E-state index contributed by atoms with van der Waals surface area (Å²) in [6.07, 6.45) is 5.48. The molecule has 0 aliphatic carbocycles. The van der Waals surface area contributed by atoms with Gasteiger partial charge in [0.15, 0.2) is 0 Å². The van der Waals surface area contributed by atoms with E-state index in [0.29, 0.717) is 4.99 Å². The van der Waals surface area contributed by atoms with Crippen molar-refractivity contribution in [1.82, 2.24) is 0 Å². The minimum atomic E-state index is 0.602. The van der Waals surface area contributed by atoms with E-state index in [1.165, 1.54) is 30.4 Å². The second-order valence-electron chi connectivity index (χ2n) is 3.89. The normalized spacial score (nSPS) is 10.2. The molecule has 0 saturated carbocycles. The highest BCUT2D eigenvalue weighted by Crippen LogP contribution is 2.09. The molecule has 0 unspecified atom stereocenters. The van der Waals surface area contributed by atoms with Crippen molar-refractivity contribution in [2.45, 2.75) is 39.0 Å². The molecule has 1 rings (SSSR count). The van der Waals surface area contributed by atoms with Crippen molar-refractivity contribution in [2.75, 3.05) is 0 Å². The molecule has 0 bridgehead atoms. The van der Waals surface area contributed by atoms with Gasteiger partial charge in [0.25, 0.3) is 0 Å². The maximum atomic E-state index is 5.47. The maximum absolute atomic E-state index is 5.47. The molecule has 15 heavy (non-hydrogen) atoms. The Morgan fingerprint density at radius 2 is 1.67 bits per heavy atom. The summed E-state index contributed by atoms with van der Waals surface area (Å²) in [4.78, 5) is 0.602. The lowest BCUT2D eigenvalue weighted by Crippen LogP contribution is -2.08. The Balaban J connectivity index is 2.45. The first-order chi connectivity index (χ1) is 7.22. The van der Waals surface area contributed by atoms with Gasteiger partial charge in [0, 0.05) is 6.42 Å². The lowest BCUT2D eigenvalue weighted by molar-refractivity contribution is 0.794. The van der Waals surface area contributed by atoms with Crippen LogP contribution in [0, 0.1) is 0 Å². The second-order valence-corrected chi connectivity index (χ2v) is 4.41. The van der Waals surface area contributed by atoms with Gasteiger partial charge in [-0.1, -0.05) is 49.8 Å². The largest absolute Gasteiger partial charge is 0.393 e. The van der Waals surface area contributed by atoms with Gasteiger partial charge < -0.3 is 5.73 Å². The van der Waals surface area contributed by atoms with Crippen LogP contribution in [0.2, 0.25) is 0 Å². The molecule has 82 valence electrons. The fourth-order valence-corrected chi connectivity index (χ4v) is 1.62. The molecule has 0 aliphatic rings. The summed E-state index contributed by atoms with van der Waals surface area (Å²) in [6, 6.07) is 8.79. The number of aryl methyl sites for hydroxylation is 2. The Kier molecular flexibility index (Phi) is 5.33. The summed E-state index contributed by atoms with van der Waals surface area (Å²) >= 11 is 4.86. The number of hydrogen-bond acceptors (Lipinski definition) is 1. The minimum Gasteiger partial charge on any atom is -0.393 e. The highest BCUT2D eigenvalue weighted by Gasteiger charge is 1.96. The molecule has 2 heteroatoms. The maximum Gasteiger partial charge on any atom is 0.0730 e. The van der Waals surface area contributed by atoms with Gasteiger partial charge in [-0.15, -0.1) is 0 Å². The molecular weight excluding hydrogens is 202 g/mol. The van der Waals surface area contributed by atoms with Crippen LogP contribution in [0.4, 0.5) is 0 Å². The SMILES string of the molecule is CCCCc1ccc(CCC(N)=S)cc1. The standard InChI is InChI=1S/C13H19NS/c1-2-3-4-11-5-7-12(8-6-11)9-10-13(14)15/h5-8H,2-4,9-10H2,1H3,(H2,14,15). The predicted octanol–water partition coefficient (Wildman–Crippen LogP) is 3.25. The van der Waals surface area contributed by atoms with E-state index in [0.717, 1.165) is 12.8 Å². The number of hydrogen-bond donors (Lipinski definition) is 1. The summed E-state index contributed by atoms with van der Waals surface area (Å²) in [6.45, 7) is 2.22. The van der Waals surface area contributed by atoms with E-state index in [2.05, 4.69) is 31.2 Å². The number of benzene rings is 1. The van der Waals surface area contributed by atoms with Crippen molar-refractivity contribution in [3.8, 4) is 0 Å². The first-order valence-corrected chi connectivity index (χ1v) is 5.99. The molecule has 0 heterocycles. The predicted molar refractivity (Wildman–Crippen MR) is 70.2 cm³/mol. The number of unbranched alkanes of at least 4 members (excludes halogenated alkanes) is 1. The van der Waals surface area contributed by atoms with Crippen LogP contribution in [0.5, 0.6) is 0 Å². The molecule has 2 N–H and O–H groups in total. The van der Waals surface area contributed by atoms with E-state index in [9.17, 15) is 0 Å². The number of thiocarbonyl (C=S) groups is 1. The van der Waals surface area contributed by atoms with Gasteiger partial charge in [-0.25, -0.2) is 0 Å². The van der Waals surface area contributed by atoms with Crippen LogP contribution < -0.4 is 5.73 Å². The van der Waals surface area contributed by atoms with Crippen LogP contribution in [-0.2, 0) is 12.8 Å². The Labute approximate surface area is 97.7 Å². The molecule has 0 saturated heterocycles. The third-order valence-corrected chi connectivity index (χ3v) is 2.71. The van der Waals surface area contributed by atoms with Crippen molar-refractivity contribution in [1.29, 1.82) is 0 Å². The fourth-order valence-electron chi connectivity index (χ4n) is 1.52. The summed E-state index contributed by atoms with van der Waals surface area (Å²) in [5.41, 5.74) is 8.22. The monoisotopic (exact) mass is 221 g/mol. The topological polar surface area (TPSA) is 26.0 Å². The van der Waals surface area contributed by atoms with E-state index in [1.54, 1.807) is 0 Å². The molecule has 0 radical (unpaired) electrons. The average Bonchev–Trinajstić information content (AvgIpc) is 2.25. The molecule has 0 aromatic heterocycles. The molecule has 0 spiro atoms. The zero-order valence-corrected chi connectivity index (χ0v) is 10.1. The zero-order valence-electron chi connectivity index (χ0n) is 9.33. The van der Waals surface area contributed by atoms with Crippen molar-refractivity contribution < 1.29 is 0 Å². The van der Waals surface area contributed by atoms with E-state index in [4.69, 9.17) is 18.0 Å². The summed E-state index contributed by atoms with van der Waals surface area (Å²) < 4.78 is 0. The van der Waals surface area contributed by atoms with E-state index >= 15 is 0 Å². The fraction of sp³-hybridized carbons (Fsp3) is 0.462. The lowest BCUT2D eigenvalue weighted by atomic mass is 10.0. The van der Waals surface area contributed by atoms with Crippen LogP contribution in [0.25, 0.3) is 0 Å². The highest BCUT2D eigenvalue weighted by atomic mass is 32.1. The summed E-state index contributed by atoms with van der Waals surface area (Å²) in [7, 11) is 0. The lowest BCUT2D eigenvalue weighted by Gasteiger charge is -2.03. The molecule has 1 aromatic carbocycles. The van der Waals surface area contributed by atoms with Gasteiger partial charge in [-0.05, 0) is 30.4 Å². The molecule has 1 nitrogen and oxygen atoms in total. The Morgan fingerprint density at radius 1 is 1.13 bits per heavy atom. The van der Waals surface area contributed by atoms with Crippen molar-refractivity contribution in [3.05, 3.63) is 35.4 Å². The van der Waals surface area contributed by atoms with Crippen molar-refractivity contribution >= 4 is 17.2 Å². The summed E-state index contributed by atoms with van der Waals surface area (Å²) in [5, 5.41) is 0. The molecule has 0 amide bonds. The molecule has 1 aromatic rings. The van der Waals surface area contributed by atoms with E-state index in [-0.39, 0.29) is 0 Å². The molecule has 0 fully saturated rings.